The average Bonchev–Trinajstić information content (AvgIpc) is 2.84. The zero-order chi connectivity index (χ0) is 13.2. The van der Waals surface area contributed by atoms with Gasteiger partial charge in [0.05, 0.1) is 13.3 Å². The van der Waals surface area contributed by atoms with Gasteiger partial charge in [-0.05, 0) is 30.2 Å². The smallest absolute Gasteiger partial charge is 0.144 e. The molecular formula is C16H16N2O. The van der Waals surface area contributed by atoms with Crippen molar-refractivity contribution in [1.82, 2.24) is 9.38 Å². The lowest BCUT2D eigenvalue weighted by Gasteiger charge is -2.06. The van der Waals surface area contributed by atoms with E-state index < -0.39 is 0 Å². The molecule has 2 aromatic heterocycles. The van der Waals surface area contributed by atoms with Crippen LogP contribution in [0.5, 0.6) is 5.75 Å². The zero-order valence-electron chi connectivity index (χ0n) is 11.1. The first-order valence-corrected chi connectivity index (χ1v) is 6.33. The van der Waals surface area contributed by atoms with E-state index in [1.807, 2.05) is 24.5 Å². The van der Waals surface area contributed by atoms with E-state index >= 15 is 0 Å². The summed E-state index contributed by atoms with van der Waals surface area (Å²) >= 11 is 0. The van der Waals surface area contributed by atoms with Crippen LogP contribution >= 0.6 is 0 Å². The van der Waals surface area contributed by atoms with Crippen LogP contribution in [-0.4, -0.2) is 16.5 Å². The standard InChI is InChI=1S/C16H16N2O/c1-12-6-3-4-7-13(12)10-16-17-11-14-15(19-2)8-5-9-18(14)16/h3-9,11H,10H2,1-2H3. The van der Waals surface area contributed by atoms with Gasteiger partial charge in [-0.15, -0.1) is 0 Å². The lowest BCUT2D eigenvalue weighted by molar-refractivity contribution is 0.418. The van der Waals surface area contributed by atoms with Crippen molar-refractivity contribution in [2.45, 2.75) is 13.3 Å². The van der Waals surface area contributed by atoms with Gasteiger partial charge in [0.1, 0.15) is 17.1 Å². The molecule has 3 heteroatoms. The van der Waals surface area contributed by atoms with Crippen molar-refractivity contribution in [3.8, 4) is 5.75 Å². The second-order valence-electron chi connectivity index (χ2n) is 4.61. The molecule has 2 heterocycles. The number of pyridine rings is 1. The maximum atomic E-state index is 5.35. The van der Waals surface area contributed by atoms with Crippen LogP contribution in [-0.2, 0) is 6.42 Å². The fraction of sp³-hybridized carbons (Fsp3) is 0.188. The van der Waals surface area contributed by atoms with Crippen LogP contribution in [0.3, 0.4) is 0 Å². The van der Waals surface area contributed by atoms with Crippen molar-refractivity contribution < 1.29 is 4.74 Å². The Morgan fingerprint density at radius 1 is 1.16 bits per heavy atom. The molecular weight excluding hydrogens is 236 g/mol. The molecule has 0 saturated carbocycles. The first kappa shape index (κ1) is 11.8. The quantitative estimate of drug-likeness (QED) is 0.715. The van der Waals surface area contributed by atoms with Crippen molar-refractivity contribution in [3.63, 3.8) is 0 Å². The molecule has 0 fully saturated rings. The number of rotatable bonds is 3. The van der Waals surface area contributed by atoms with Crippen molar-refractivity contribution in [3.05, 3.63) is 65.7 Å². The molecule has 3 rings (SSSR count). The van der Waals surface area contributed by atoms with Crippen molar-refractivity contribution >= 4 is 5.52 Å². The molecule has 0 aliphatic heterocycles. The molecule has 0 amide bonds. The maximum absolute atomic E-state index is 5.35. The number of imidazole rings is 1. The first-order chi connectivity index (χ1) is 9.29. The molecule has 3 aromatic rings. The minimum absolute atomic E-state index is 0.827. The number of hydrogen-bond donors (Lipinski definition) is 0. The van der Waals surface area contributed by atoms with E-state index in [-0.39, 0.29) is 0 Å². The minimum atomic E-state index is 0.827. The Morgan fingerprint density at radius 3 is 2.79 bits per heavy atom. The number of nitrogens with zero attached hydrogens (tertiary/aromatic N) is 2. The van der Waals surface area contributed by atoms with Crippen molar-refractivity contribution in [2.75, 3.05) is 7.11 Å². The highest BCUT2D eigenvalue weighted by atomic mass is 16.5. The summed E-state index contributed by atoms with van der Waals surface area (Å²) in [6.07, 6.45) is 4.72. The zero-order valence-corrected chi connectivity index (χ0v) is 11.1. The van der Waals surface area contributed by atoms with Crippen LogP contribution in [0, 0.1) is 6.92 Å². The number of hydrogen-bond acceptors (Lipinski definition) is 2. The van der Waals surface area contributed by atoms with E-state index in [2.05, 4.69) is 40.6 Å². The molecule has 1 aromatic carbocycles. The van der Waals surface area contributed by atoms with E-state index in [0.29, 0.717) is 0 Å². The predicted molar refractivity (Wildman–Crippen MR) is 75.7 cm³/mol. The van der Waals surface area contributed by atoms with Gasteiger partial charge in [-0.3, -0.25) is 0 Å². The van der Waals surface area contributed by atoms with Crippen LogP contribution in [0.25, 0.3) is 5.52 Å². The number of ether oxygens (including phenoxy) is 1. The van der Waals surface area contributed by atoms with Gasteiger partial charge in [0.2, 0.25) is 0 Å². The average molecular weight is 252 g/mol. The molecule has 0 bridgehead atoms. The highest BCUT2D eigenvalue weighted by Crippen LogP contribution is 2.21. The Labute approximate surface area is 112 Å². The number of methoxy groups -OCH3 is 1. The third kappa shape index (κ3) is 2.08. The monoisotopic (exact) mass is 252 g/mol. The normalized spacial score (nSPS) is 10.8. The van der Waals surface area contributed by atoms with E-state index in [4.69, 9.17) is 4.74 Å². The molecule has 19 heavy (non-hydrogen) atoms. The van der Waals surface area contributed by atoms with Crippen LogP contribution in [0.4, 0.5) is 0 Å². The topological polar surface area (TPSA) is 26.5 Å². The summed E-state index contributed by atoms with van der Waals surface area (Å²) in [4.78, 5) is 4.52. The fourth-order valence-electron chi connectivity index (χ4n) is 2.33. The lowest BCUT2D eigenvalue weighted by atomic mass is 10.1. The second kappa shape index (κ2) is 4.76. The molecule has 0 saturated heterocycles. The Bertz CT molecular complexity index is 716. The summed E-state index contributed by atoms with van der Waals surface area (Å²) in [5.41, 5.74) is 3.61. The van der Waals surface area contributed by atoms with Crippen molar-refractivity contribution in [1.29, 1.82) is 0 Å². The molecule has 96 valence electrons. The molecule has 0 spiro atoms. The van der Waals surface area contributed by atoms with Crippen LogP contribution in [0.2, 0.25) is 0 Å². The highest BCUT2D eigenvalue weighted by Gasteiger charge is 2.08. The third-order valence-corrected chi connectivity index (χ3v) is 3.44. The Morgan fingerprint density at radius 2 is 2.00 bits per heavy atom. The molecule has 0 radical (unpaired) electrons. The summed E-state index contributed by atoms with van der Waals surface area (Å²) in [6.45, 7) is 2.13. The molecule has 0 aliphatic rings. The van der Waals surface area contributed by atoms with Gasteiger partial charge in [-0.2, -0.15) is 0 Å². The predicted octanol–water partition coefficient (Wildman–Crippen LogP) is 3.24. The fourth-order valence-corrected chi connectivity index (χ4v) is 2.33. The van der Waals surface area contributed by atoms with Gasteiger partial charge in [0, 0.05) is 12.6 Å². The van der Waals surface area contributed by atoms with Gasteiger partial charge < -0.3 is 9.14 Å². The van der Waals surface area contributed by atoms with E-state index in [9.17, 15) is 0 Å². The van der Waals surface area contributed by atoms with Gasteiger partial charge in [0.15, 0.2) is 0 Å². The summed E-state index contributed by atoms with van der Waals surface area (Å²) in [6, 6.07) is 12.3. The largest absolute Gasteiger partial charge is 0.494 e. The van der Waals surface area contributed by atoms with Crippen LogP contribution < -0.4 is 4.74 Å². The summed E-state index contributed by atoms with van der Waals surface area (Å²) in [5.74, 6) is 1.88. The lowest BCUT2D eigenvalue weighted by Crippen LogP contribution is -1.98. The van der Waals surface area contributed by atoms with Gasteiger partial charge in [0.25, 0.3) is 0 Å². The SMILES string of the molecule is COc1cccn2c(Cc3ccccc3C)ncc12. The Hall–Kier alpha value is -2.29. The third-order valence-electron chi connectivity index (χ3n) is 3.44. The molecule has 0 unspecified atom stereocenters. The van der Waals surface area contributed by atoms with Crippen molar-refractivity contribution in [2.24, 2.45) is 0 Å². The Balaban J connectivity index is 2.05. The number of benzene rings is 1. The summed E-state index contributed by atoms with van der Waals surface area (Å²) in [5, 5.41) is 0. The Kier molecular flexibility index (Phi) is 2.95. The van der Waals surface area contributed by atoms with Gasteiger partial charge >= 0.3 is 0 Å². The van der Waals surface area contributed by atoms with E-state index in [0.717, 1.165) is 23.5 Å². The number of fused-ring (bicyclic) bond motifs is 1. The van der Waals surface area contributed by atoms with E-state index in [1.54, 1.807) is 7.11 Å². The minimum Gasteiger partial charge on any atom is -0.494 e. The van der Waals surface area contributed by atoms with Crippen LogP contribution in [0.1, 0.15) is 17.0 Å². The summed E-state index contributed by atoms with van der Waals surface area (Å²) in [7, 11) is 1.68. The van der Waals surface area contributed by atoms with Crippen LogP contribution in [0.15, 0.2) is 48.8 Å². The molecule has 0 aliphatic carbocycles. The van der Waals surface area contributed by atoms with E-state index in [1.165, 1.54) is 11.1 Å². The molecule has 0 atom stereocenters. The molecule has 0 N–H and O–H groups in total. The first-order valence-electron chi connectivity index (χ1n) is 6.33. The van der Waals surface area contributed by atoms with Gasteiger partial charge in [-0.1, -0.05) is 24.3 Å². The van der Waals surface area contributed by atoms with Gasteiger partial charge in [-0.25, -0.2) is 4.98 Å². The summed E-state index contributed by atoms with van der Waals surface area (Å²) < 4.78 is 7.44. The highest BCUT2D eigenvalue weighted by molar-refractivity contribution is 5.59. The molecule has 3 nitrogen and oxygen atoms in total. The number of aryl methyl sites for hydroxylation is 1. The number of aromatic nitrogens is 2. The maximum Gasteiger partial charge on any atom is 0.144 e. The second-order valence-corrected chi connectivity index (χ2v) is 4.61.